The van der Waals surface area contributed by atoms with Crippen LogP contribution in [-0.2, 0) is 9.53 Å². The van der Waals surface area contributed by atoms with E-state index in [0.29, 0.717) is 6.10 Å². The summed E-state index contributed by atoms with van der Waals surface area (Å²) >= 11 is 1.85. The minimum atomic E-state index is -0.00184. The molecule has 0 aromatic rings. The molecule has 5 heteroatoms. The number of nitrogens with one attached hydrogen (secondary N) is 2. The van der Waals surface area contributed by atoms with E-state index in [-0.39, 0.29) is 11.9 Å². The third-order valence-electron chi connectivity index (χ3n) is 3.76. The summed E-state index contributed by atoms with van der Waals surface area (Å²) in [5.74, 6) is 2.15. The molecule has 1 aliphatic heterocycles. The van der Waals surface area contributed by atoms with Crippen molar-refractivity contribution in [2.24, 2.45) is 0 Å². The van der Waals surface area contributed by atoms with Crippen LogP contribution < -0.4 is 10.6 Å². The predicted octanol–water partition coefficient (Wildman–Crippen LogP) is 1.55. The highest BCUT2D eigenvalue weighted by atomic mass is 32.2. The third-order valence-corrected chi connectivity index (χ3v) is 4.83. The van der Waals surface area contributed by atoms with Crippen molar-refractivity contribution in [3.8, 4) is 0 Å². The number of thioether (sulfide) groups is 1. The molecule has 110 valence electrons. The molecule has 1 amide bonds. The summed E-state index contributed by atoms with van der Waals surface area (Å²) in [5.41, 5.74) is 0. The van der Waals surface area contributed by atoms with E-state index < -0.39 is 0 Å². The van der Waals surface area contributed by atoms with E-state index in [1.807, 2.05) is 11.8 Å². The standard InChI is InChI=1S/C14H26N2O2S/c17-14(13-11-19-10-8-15-13)16-7-4-9-18-12-5-2-1-3-6-12/h12-13,15H,1-11H2,(H,16,17). The minimum Gasteiger partial charge on any atom is -0.378 e. The van der Waals surface area contributed by atoms with E-state index in [9.17, 15) is 4.79 Å². The lowest BCUT2D eigenvalue weighted by Crippen LogP contribution is -2.49. The molecule has 4 nitrogen and oxygen atoms in total. The van der Waals surface area contributed by atoms with Crippen molar-refractivity contribution >= 4 is 17.7 Å². The van der Waals surface area contributed by atoms with E-state index in [1.165, 1.54) is 32.1 Å². The zero-order valence-electron chi connectivity index (χ0n) is 11.7. The van der Waals surface area contributed by atoms with Crippen molar-refractivity contribution in [1.29, 1.82) is 0 Å². The minimum absolute atomic E-state index is 0.00184. The van der Waals surface area contributed by atoms with E-state index in [4.69, 9.17) is 4.74 Å². The molecule has 2 rings (SSSR count). The Bertz CT molecular complexity index is 264. The lowest BCUT2D eigenvalue weighted by Gasteiger charge is -2.23. The second-order valence-electron chi connectivity index (χ2n) is 5.36. The molecule has 1 aliphatic carbocycles. The SMILES string of the molecule is O=C(NCCCOC1CCCCC1)C1CSCCN1. The quantitative estimate of drug-likeness (QED) is 0.727. The Kier molecular flexibility index (Phi) is 7.03. The zero-order valence-corrected chi connectivity index (χ0v) is 12.5. The zero-order chi connectivity index (χ0) is 13.3. The predicted molar refractivity (Wildman–Crippen MR) is 79.6 cm³/mol. The normalized spacial score (nSPS) is 25.2. The van der Waals surface area contributed by atoms with Crippen LogP contribution in [0.2, 0.25) is 0 Å². The summed E-state index contributed by atoms with van der Waals surface area (Å²) < 4.78 is 5.84. The summed E-state index contributed by atoms with van der Waals surface area (Å²) in [7, 11) is 0. The van der Waals surface area contributed by atoms with Crippen LogP contribution in [0.3, 0.4) is 0 Å². The van der Waals surface area contributed by atoms with Crippen LogP contribution >= 0.6 is 11.8 Å². The number of hydrogen-bond acceptors (Lipinski definition) is 4. The molecule has 0 spiro atoms. The fourth-order valence-electron chi connectivity index (χ4n) is 2.62. The molecule has 2 fully saturated rings. The Morgan fingerprint density at radius 3 is 2.89 bits per heavy atom. The van der Waals surface area contributed by atoms with Crippen molar-refractivity contribution in [2.75, 3.05) is 31.2 Å². The van der Waals surface area contributed by atoms with Gasteiger partial charge in [-0.15, -0.1) is 0 Å². The van der Waals surface area contributed by atoms with E-state index in [1.54, 1.807) is 0 Å². The topological polar surface area (TPSA) is 50.4 Å². The Balaban J connectivity index is 1.47. The van der Waals surface area contributed by atoms with E-state index in [2.05, 4.69) is 10.6 Å². The van der Waals surface area contributed by atoms with Gasteiger partial charge < -0.3 is 15.4 Å². The Labute approximate surface area is 120 Å². The molecule has 0 aromatic heterocycles. The molecule has 0 radical (unpaired) electrons. The van der Waals surface area contributed by atoms with Crippen LogP contribution in [0, 0.1) is 0 Å². The van der Waals surface area contributed by atoms with Gasteiger partial charge in [-0.25, -0.2) is 0 Å². The molecule has 1 heterocycles. The monoisotopic (exact) mass is 286 g/mol. The molecule has 1 atom stereocenters. The lowest BCUT2D eigenvalue weighted by atomic mass is 9.98. The van der Waals surface area contributed by atoms with E-state index >= 15 is 0 Å². The molecule has 1 saturated carbocycles. The number of ether oxygens (including phenoxy) is 1. The molecule has 0 aromatic carbocycles. The first kappa shape index (κ1) is 15.1. The molecular weight excluding hydrogens is 260 g/mol. The van der Waals surface area contributed by atoms with Gasteiger partial charge in [0.1, 0.15) is 0 Å². The maximum atomic E-state index is 11.8. The molecule has 1 unspecified atom stereocenters. The van der Waals surface area contributed by atoms with Gasteiger partial charge in [-0.2, -0.15) is 11.8 Å². The fraction of sp³-hybridized carbons (Fsp3) is 0.929. The Morgan fingerprint density at radius 2 is 2.16 bits per heavy atom. The molecule has 19 heavy (non-hydrogen) atoms. The molecule has 2 aliphatic rings. The van der Waals surface area contributed by atoms with Gasteiger partial charge in [-0.1, -0.05) is 19.3 Å². The van der Waals surface area contributed by atoms with Crippen LogP contribution in [0.5, 0.6) is 0 Å². The molecular formula is C14H26N2O2S. The highest BCUT2D eigenvalue weighted by Gasteiger charge is 2.20. The van der Waals surface area contributed by atoms with Gasteiger partial charge in [-0.05, 0) is 19.3 Å². The van der Waals surface area contributed by atoms with Gasteiger partial charge in [0, 0.05) is 31.2 Å². The lowest BCUT2D eigenvalue weighted by molar-refractivity contribution is -0.122. The van der Waals surface area contributed by atoms with Gasteiger partial charge in [0.2, 0.25) is 5.91 Å². The van der Waals surface area contributed by atoms with Crippen LogP contribution in [0.15, 0.2) is 0 Å². The number of carbonyl (C=O) groups is 1. The summed E-state index contributed by atoms with van der Waals surface area (Å²) in [4.78, 5) is 11.8. The van der Waals surface area contributed by atoms with Crippen molar-refractivity contribution in [3.05, 3.63) is 0 Å². The van der Waals surface area contributed by atoms with Gasteiger partial charge in [-0.3, -0.25) is 4.79 Å². The third kappa shape index (κ3) is 5.71. The van der Waals surface area contributed by atoms with Gasteiger partial charge in [0.25, 0.3) is 0 Å². The average molecular weight is 286 g/mol. The number of rotatable bonds is 6. The molecule has 1 saturated heterocycles. The smallest absolute Gasteiger partial charge is 0.237 e. The van der Waals surface area contributed by atoms with E-state index in [0.717, 1.165) is 37.6 Å². The largest absolute Gasteiger partial charge is 0.378 e. The van der Waals surface area contributed by atoms with Crippen molar-refractivity contribution in [3.63, 3.8) is 0 Å². The molecule has 2 N–H and O–H groups in total. The van der Waals surface area contributed by atoms with Crippen LogP contribution in [0.1, 0.15) is 38.5 Å². The summed E-state index contributed by atoms with van der Waals surface area (Å²) in [6, 6.07) is -0.00184. The van der Waals surface area contributed by atoms with Crippen LogP contribution in [-0.4, -0.2) is 49.3 Å². The first-order valence-electron chi connectivity index (χ1n) is 7.57. The number of amides is 1. The van der Waals surface area contributed by atoms with Gasteiger partial charge >= 0.3 is 0 Å². The summed E-state index contributed by atoms with van der Waals surface area (Å²) in [5, 5.41) is 6.24. The maximum Gasteiger partial charge on any atom is 0.237 e. The number of hydrogen-bond donors (Lipinski definition) is 2. The first-order valence-corrected chi connectivity index (χ1v) is 8.72. The van der Waals surface area contributed by atoms with Gasteiger partial charge in [0.05, 0.1) is 12.1 Å². The molecule has 0 bridgehead atoms. The van der Waals surface area contributed by atoms with Crippen LogP contribution in [0.4, 0.5) is 0 Å². The average Bonchev–Trinajstić information content (AvgIpc) is 2.49. The summed E-state index contributed by atoms with van der Waals surface area (Å²) in [6.45, 7) is 2.44. The van der Waals surface area contributed by atoms with Crippen molar-refractivity contribution in [2.45, 2.75) is 50.7 Å². The number of carbonyl (C=O) groups excluding carboxylic acids is 1. The van der Waals surface area contributed by atoms with Crippen LogP contribution in [0.25, 0.3) is 0 Å². The maximum absolute atomic E-state index is 11.8. The second kappa shape index (κ2) is 8.82. The summed E-state index contributed by atoms with van der Waals surface area (Å²) in [6.07, 6.45) is 7.81. The van der Waals surface area contributed by atoms with Crippen molar-refractivity contribution < 1.29 is 9.53 Å². The Morgan fingerprint density at radius 1 is 1.32 bits per heavy atom. The Hall–Kier alpha value is -0.260. The second-order valence-corrected chi connectivity index (χ2v) is 6.51. The highest BCUT2D eigenvalue weighted by Crippen LogP contribution is 2.20. The fourth-order valence-corrected chi connectivity index (χ4v) is 3.56. The first-order chi connectivity index (χ1) is 9.36. The highest BCUT2D eigenvalue weighted by molar-refractivity contribution is 7.99. The van der Waals surface area contributed by atoms with Gasteiger partial charge in [0.15, 0.2) is 0 Å². The van der Waals surface area contributed by atoms with Crippen molar-refractivity contribution in [1.82, 2.24) is 10.6 Å².